The molecule has 1 aliphatic heterocycles. The molecular formula is C23H25ClN4O. The Kier molecular flexibility index (Phi) is 5.97. The molecule has 150 valence electrons. The van der Waals surface area contributed by atoms with Gasteiger partial charge in [-0.15, -0.1) is 0 Å². The van der Waals surface area contributed by atoms with E-state index in [1.807, 2.05) is 48.5 Å². The highest BCUT2D eigenvalue weighted by molar-refractivity contribution is 6.35. The lowest BCUT2D eigenvalue weighted by atomic mass is 9.97. The SMILES string of the molecule is C[C@H](CC(=O)Nc1c(Cl)ccc2nc(N3CCNCC3)ccc12)c1ccccc1. The van der Waals surface area contributed by atoms with Crippen LogP contribution in [0.2, 0.25) is 5.02 Å². The second-order valence-electron chi connectivity index (χ2n) is 7.46. The zero-order chi connectivity index (χ0) is 20.2. The maximum atomic E-state index is 12.7. The summed E-state index contributed by atoms with van der Waals surface area (Å²) in [6, 6.07) is 17.8. The first kappa shape index (κ1) is 19.7. The molecule has 1 aliphatic rings. The molecule has 0 radical (unpaired) electrons. The van der Waals surface area contributed by atoms with Crippen LogP contribution in [0.4, 0.5) is 11.5 Å². The Morgan fingerprint density at radius 3 is 2.66 bits per heavy atom. The second kappa shape index (κ2) is 8.80. The first-order chi connectivity index (χ1) is 14.1. The van der Waals surface area contributed by atoms with Crippen LogP contribution in [0.5, 0.6) is 0 Å². The average Bonchev–Trinajstić information content (AvgIpc) is 2.76. The third-order valence-corrected chi connectivity index (χ3v) is 5.69. The molecule has 1 aromatic heterocycles. The molecule has 6 heteroatoms. The van der Waals surface area contributed by atoms with Crippen molar-refractivity contribution in [2.24, 2.45) is 0 Å². The fraction of sp³-hybridized carbons (Fsp3) is 0.304. The second-order valence-corrected chi connectivity index (χ2v) is 7.87. The van der Waals surface area contributed by atoms with Crippen LogP contribution < -0.4 is 15.5 Å². The van der Waals surface area contributed by atoms with E-state index in [-0.39, 0.29) is 11.8 Å². The summed E-state index contributed by atoms with van der Waals surface area (Å²) in [6.07, 6.45) is 0.392. The van der Waals surface area contributed by atoms with Gasteiger partial charge in [0.1, 0.15) is 5.82 Å². The van der Waals surface area contributed by atoms with Crippen molar-refractivity contribution in [2.75, 3.05) is 36.4 Å². The monoisotopic (exact) mass is 408 g/mol. The van der Waals surface area contributed by atoms with Gasteiger partial charge in [-0.2, -0.15) is 0 Å². The van der Waals surface area contributed by atoms with E-state index in [4.69, 9.17) is 16.6 Å². The number of rotatable bonds is 5. The highest BCUT2D eigenvalue weighted by atomic mass is 35.5. The molecule has 1 fully saturated rings. The standard InChI is InChI=1S/C23H25ClN4O/c1-16(17-5-3-2-4-6-17)15-22(29)27-23-18-7-10-21(28-13-11-25-12-14-28)26-20(18)9-8-19(23)24/h2-10,16,25H,11-15H2,1H3,(H,27,29)/t16-/m1/s1. The number of hydrogen-bond acceptors (Lipinski definition) is 4. The van der Waals surface area contributed by atoms with Crippen LogP contribution in [-0.4, -0.2) is 37.1 Å². The zero-order valence-electron chi connectivity index (χ0n) is 16.5. The van der Waals surface area contributed by atoms with Gasteiger partial charge in [0, 0.05) is 38.0 Å². The Morgan fingerprint density at radius 2 is 1.90 bits per heavy atom. The van der Waals surface area contributed by atoms with Crippen LogP contribution in [-0.2, 0) is 4.79 Å². The van der Waals surface area contributed by atoms with Crippen LogP contribution in [0, 0.1) is 0 Å². The maximum absolute atomic E-state index is 12.7. The summed E-state index contributed by atoms with van der Waals surface area (Å²) in [5, 5.41) is 7.75. The number of fused-ring (bicyclic) bond motifs is 1. The van der Waals surface area contributed by atoms with E-state index in [0.29, 0.717) is 17.1 Å². The summed E-state index contributed by atoms with van der Waals surface area (Å²) in [5.41, 5.74) is 2.61. The summed E-state index contributed by atoms with van der Waals surface area (Å²) >= 11 is 6.43. The summed E-state index contributed by atoms with van der Waals surface area (Å²) in [4.78, 5) is 19.8. The molecule has 2 aromatic carbocycles. The van der Waals surface area contributed by atoms with Gasteiger partial charge in [0.2, 0.25) is 5.91 Å². The van der Waals surface area contributed by atoms with Gasteiger partial charge >= 0.3 is 0 Å². The molecule has 2 N–H and O–H groups in total. The normalized spacial score (nSPS) is 15.3. The molecule has 1 atom stereocenters. The van der Waals surface area contributed by atoms with E-state index in [1.54, 1.807) is 6.07 Å². The Hall–Kier alpha value is -2.63. The number of amides is 1. The third kappa shape index (κ3) is 4.52. The smallest absolute Gasteiger partial charge is 0.225 e. The van der Waals surface area contributed by atoms with Gasteiger partial charge in [0.15, 0.2) is 0 Å². The minimum absolute atomic E-state index is 0.0538. The van der Waals surface area contributed by atoms with Crippen molar-refractivity contribution in [3.05, 3.63) is 65.2 Å². The Bertz CT molecular complexity index is 1000. The van der Waals surface area contributed by atoms with E-state index in [1.165, 1.54) is 0 Å². The van der Waals surface area contributed by atoms with Gasteiger partial charge < -0.3 is 15.5 Å². The number of nitrogens with zero attached hydrogens (tertiary/aromatic N) is 2. The van der Waals surface area contributed by atoms with E-state index in [9.17, 15) is 4.79 Å². The van der Waals surface area contributed by atoms with Crippen molar-refractivity contribution in [1.29, 1.82) is 0 Å². The van der Waals surface area contributed by atoms with E-state index in [2.05, 4.69) is 22.5 Å². The molecule has 2 heterocycles. The molecule has 1 saturated heterocycles. The molecule has 1 amide bonds. The minimum atomic E-state index is -0.0538. The topological polar surface area (TPSA) is 57.3 Å². The largest absolute Gasteiger partial charge is 0.354 e. The lowest BCUT2D eigenvalue weighted by Gasteiger charge is -2.28. The number of piperazine rings is 1. The molecule has 0 unspecified atom stereocenters. The fourth-order valence-electron chi connectivity index (χ4n) is 3.73. The van der Waals surface area contributed by atoms with E-state index < -0.39 is 0 Å². The van der Waals surface area contributed by atoms with Gasteiger partial charge in [-0.3, -0.25) is 4.79 Å². The summed E-state index contributed by atoms with van der Waals surface area (Å²) < 4.78 is 0. The molecule has 4 rings (SSSR count). The molecule has 0 bridgehead atoms. The third-order valence-electron chi connectivity index (χ3n) is 5.37. The predicted octanol–water partition coefficient (Wildman–Crippen LogP) is 4.43. The van der Waals surface area contributed by atoms with Gasteiger partial charge in [-0.05, 0) is 35.7 Å². The Balaban J connectivity index is 1.54. The Labute approximate surface area is 176 Å². The molecule has 3 aromatic rings. The van der Waals surface area contributed by atoms with Crippen LogP contribution in [0.15, 0.2) is 54.6 Å². The lowest BCUT2D eigenvalue weighted by molar-refractivity contribution is -0.116. The molecular weight excluding hydrogens is 384 g/mol. The number of carbonyl (C=O) groups is 1. The number of nitrogens with one attached hydrogen (secondary N) is 2. The van der Waals surface area contributed by atoms with Crippen molar-refractivity contribution in [2.45, 2.75) is 19.3 Å². The summed E-state index contributed by atoms with van der Waals surface area (Å²) in [6.45, 7) is 5.85. The first-order valence-corrected chi connectivity index (χ1v) is 10.4. The number of aromatic nitrogens is 1. The number of hydrogen-bond donors (Lipinski definition) is 2. The predicted molar refractivity (Wildman–Crippen MR) is 120 cm³/mol. The van der Waals surface area contributed by atoms with Gasteiger partial charge in [0.05, 0.1) is 16.2 Å². The Morgan fingerprint density at radius 1 is 1.14 bits per heavy atom. The van der Waals surface area contributed by atoms with Crippen LogP contribution >= 0.6 is 11.6 Å². The highest BCUT2D eigenvalue weighted by Crippen LogP contribution is 2.32. The summed E-state index contributed by atoms with van der Waals surface area (Å²) in [5.74, 6) is 1.03. The number of carbonyl (C=O) groups excluding carboxylic acids is 1. The van der Waals surface area contributed by atoms with E-state index >= 15 is 0 Å². The van der Waals surface area contributed by atoms with Crippen LogP contribution in [0.1, 0.15) is 24.8 Å². The molecule has 0 saturated carbocycles. The number of halogens is 1. The fourth-order valence-corrected chi connectivity index (χ4v) is 3.94. The van der Waals surface area contributed by atoms with Crippen molar-refractivity contribution in [3.8, 4) is 0 Å². The van der Waals surface area contributed by atoms with Gasteiger partial charge in [-0.1, -0.05) is 48.9 Å². The molecule has 29 heavy (non-hydrogen) atoms. The average molecular weight is 409 g/mol. The van der Waals surface area contributed by atoms with Gasteiger partial charge in [0.25, 0.3) is 0 Å². The molecule has 0 aliphatic carbocycles. The molecule has 5 nitrogen and oxygen atoms in total. The van der Waals surface area contributed by atoms with Crippen LogP contribution in [0.25, 0.3) is 10.9 Å². The maximum Gasteiger partial charge on any atom is 0.225 e. The van der Waals surface area contributed by atoms with E-state index in [0.717, 1.165) is 48.5 Å². The van der Waals surface area contributed by atoms with Crippen molar-refractivity contribution in [1.82, 2.24) is 10.3 Å². The first-order valence-electron chi connectivity index (χ1n) is 10.0. The lowest BCUT2D eigenvalue weighted by Crippen LogP contribution is -2.43. The highest BCUT2D eigenvalue weighted by Gasteiger charge is 2.16. The number of pyridine rings is 1. The number of benzene rings is 2. The minimum Gasteiger partial charge on any atom is -0.354 e. The number of anilines is 2. The molecule has 0 spiro atoms. The van der Waals surface area contributed by atoms with Crippen molar-refractivity contribution in [3.63, 3.8) is 0 Å². The quantitative estimate of drug-likeness (QED) is 0.655. The van der Waals surface area contributed by atoms with Crippen molar-refractivity contribution < 1.29 is 4.79 Å². The van der Waals surface area contributed by atoms with Crippen LogP contribution in [0.3, 0.4) is 0 Å². The zero-order valence-corrected chi connectivity index (χ0v) is 17.2. The summed E-state index contributed by atoms with van der Waals surface area (Å²) in [7, 11) is 0. The van der Waals surface area contributed by atoms with Gasteiger partial charge in [-0.25, -0.2) is 4.98 Å². The van der Waals surface area contributed by atoms with Crippen molar-refractivity contribution >= 4 is 39.9 Å².